The lowest BCUT2D eigenvalue weighted by Gasteiger charge is -2.22. The number of pyridine rings is 1. The topological polar surface area (TPSA) is 123 Å². The molecule has 9 nitrogen and oxygen atoms in total. The van der Waals surface area contributed by atoms with Crippen LogP contribution in [-0.4, -0.2) is 34.0 Å². The van der Waals surface area contributed by atoms with Gasteiger partial charge in [0, 0.05) is 30.7 Å². The molecule has 0 atom stereocenters. The first kappa shape index (κ1) is 27.7. The first-order valence-electron chi connectivity index (χ1n) is 13.3. The van der Waals surface area contributed by atoms with Crippen molar-refractivity contribution in [3.05, 3.63) is 89.0 Å². The number of aryl methyl sites for hydroxylation is 2. The highest BCUT2D eigenvalue weighted by atomic mass is 19.1. The molecule has 0 aliphatic heterocycles. The molecule has 0 fully saturated rings. The maximum absolute atomic E-state index is 13.6. The van der Waals surface area contributed by atoms with Gasteiger partial charge in [0.25, 0.3) is 11.8 Å². The van der Waals surface area contributed by atoms with E-state index in [0.29, 0.717) is 51.7 Å². The number of carbonyl (C=O) groups is 2. The Morgan fingerprint density at radius 2 is 1.76 bits per heavy atom. The van der Waals surface area contributed by atoms with Crippen LogP contribution in [0, 0.1) is 12.7 Å². The highest BCUT2D eigenvalue weighted by molar-refractivity contribution is 6.11. The van der Waals surface area contributed by atoms with Gasteiger partial charge in [-0.1, -0.05) is 30.6 Å². The minimum atomic E-state index is -0.866. The molecule has 0 bridgehead atoms. The molecular formula is C31H30FN5O4. The summed E-state index contributed by atoms with van der Waals surface area (Å²) in [5.41, 5.74) is 3.04. The van der Waals surface area contributed by atoms with E-state index < -0.39 is 11.4 Å². The lowest BCUT2D eigenvalue weighted by molar-refractivity contribution is 0.0906. The number of halogens is 1. The van der Waals surface area contributed by atoms with Gasteiger partial charge in [0.05, 0.1) is 22.2 Å². The molecule has 5 aromatic rings. The van der Waals surface area contributed by atoms with Crippen LogP contribution in [0.5, 0.6) is 0 Å². The number of nitrogens with one attached hydrogen (secondary N) is 2. The fourth-order valence-corrected chi connectivity index (χ4v) is 4.68. The Bertz CT molecular complexity index is 1750. The summed E-state index contributed by atoms with van der Waals surface area (Å²) in [5.74, 6) is 0.0337. The van der Waals surface area contributed by atoms with E-state index >= 15 is 0 Å². The third-order valence-electron chi connectivity index (χ3n) is 6.76. The van der Waals surface area contributed by atoms with Gasteiger partial charge < -0.3 is 19.6 Å². The van der Waals surface area contributed by atoms with E-state index in [1.54, 1.807) is 51.1 Å². The molecule has 2 N–H and O–H groups in total. The SMILES string of the molecule is CCCc1nc2oc(-c3ccc(F)cc3)c(C(=O)NC)c2cc1-c1cccc(C(=O)NC(C)(C)c2noc(C)n2)c1. The van der Waals surface area contributed by atoms with Gasteiger partial charge in [-0.2, -0.15) is 4.98 Å². The van der Waals surface area contributed by atoms with E-state index in [2.05, 4.69) is 20.8 Å². The lowest BCUT2D eigenvalue weighted by Crippen LogP contribution is -2.41. The van der Waals surface area contributed by atoms with Crippen LogP contribution in [0.1, 0.15) is 65.3 Å². The number of rotatable bonds is 8. The Balaban J connectivity index is 1.60. The number of benzene rings is 2. The van der Waals surface area contributed by atoms with Crippen LogP contribution < -0.4 is 10.6 Å². The van der Waals surface area contributed by atoms with Crippen molar-refractivity contribution in [2.45, 2.75) is 46.1 Å². The van der Waals surface area contributed by atoms with Gasteiger partial charge in [0.15, 0.2) is 5.82 Å². The Morgan fingerprint density at radius 3 is 2.41 bits per heavy atom. The maximum Gasteiger partial charge on any atom is 0.255 e. The second kappa shape index (κ2) is 11.0. The molecule has 0 saturated heterocycles. The predicted octanol–water partition coefficient (Wildman–Crippen LogP) is 5.97. The lowest BCUT2D eigenvalue weighted by atomic mass is 9.96. The van der Waals surface area contributed by atoms with Gasteiger partial charge in [0.1, 0.15) is 11.6 Å². The van der Waals surface area contributed by atoms with Crippen molar-refractivity contribution in [2.24, 2.45) is 0 Å². The van der Waals surface area contributed by atoms with Gasteiger partial charge in [-0.05, 0) is 68.3 Å². The molecule has 41 heavy (non-hydrogen) atoms. The predicted molar refractivity (Wildman–Crippen MR) is 152 cm³/mol. The van der Waals surface area contributed by atoms with Crippen molar-refractivity contribution in [2.75, 3.05) is 7.05 Å². The fraction of sp³-hybridized carbons (Fsp3) is 0.258. The molecule has 210 valence electrons. The zero-order chi connectivity index (χ0) is 29.3. The summed E-state index contributed by atoms with van der Waals surface area (Å²) in [4.78, 5) is 35.4. The Hall–Kier alpha value is -4.86. The van der Waals surface area contributed by atoms with Gasteiger partial charge in [0.2, 0.25) is 11.6 Å². The third-order valence-corrected chi connectivity index (χ3v) is 6.76. The molecule has 0 aliphatic carbocycles. The van der Waals surface area contributed by atoms with Crippen molar-refractivity contribution in [1.29, 1.82) is 0 Å². The van der Waals surface area contributed by atoms with Crippen LogP contribution in [0.3, 0.4) is 0 Å². The highest BCUT2D eigenvalue weighted by Crippen LogP contribution is 2.37. The molecular weight excluding hydrogens is 525 g/mol. The van der Waals surface area contributed by atoms with Crippen molar-refractivity contribution >= 4 is 22.9 Å². The van der Waals surface area contributed by atoms with Gasteiger partial charge in [-0.3, -0.25) is 9.59 Å². The van der Waals surface area contributed by atoms with E-state index in [0.717, 1.165) is 23.2 Å². The molecule has 3 heterocycles. The van der Waals surface area contributed by atoms with Crippen molar-refractivity contribution in [3.63, 3.8) is 0 Å². The number of furan rings is 1. The van der Waals surface area contributed by atoms with Gasteiger partial charge in [-0.25, -0.2) is 9.37 Å². The summed E-state index contributed by atoms with van der Waals surface area (Å²) in [6.45, 7) is 7.33. The number of aromatic nitrogens is 3. The molecule has 2 aromatic carbocycles. The smallest absolute Gasteiger partial charge is 0.255 e. The van der Waals surface area contributed by atoms with E-state index in [1.807, 2.05) is 19.1 Å². The average molecular weight is 556 g/mol. The quantitative estimate of drug-likeness (QED) is 0.242. The summed E-state index contributed by atoms with van der Waals surface area (Å²) < 4.78 is 24.8. The largest absolute Gasteiger partial charge is 0.437 e. The van der Waals surface area contributed by atoms with E-state index in [1.165, 1.54) is 19.2 Å². The van der Waals surface area contributed by atoms with E-state index in [4.69, 9.17) is 13.9 Å². The molecule has 5 rings (SSSR count). The van der Waals surface area contributed by atoms with Crippen molar-refractivity contribution < 1.29 is 22.9 Å². The normalized spacial score (nSPS) is 11.6. The van der Waals surface area contributed by atoms with Crippen LogP contribution in [0.4, 0.5) is 4.39 Å². The highest BCUT2D eigenvalue weighted by Gasteiger charge is 2.29. The zero-order valence-corrected chi connectivity index (χ0v) is 23.5. The van der Waals surface area contributed by atoms with Crippen LogP contribution in [0.25, 0.3) is 33.6 Å². The fourth-order valence-electron chi connectivity index (χ4n) is 4.68. The number of hydrogen-bond acceptors (Lipinski definition) is 7. The molecule has 0 saturated carbocycles. The molecule has 0 radical (unpaired) electrons. The standard InChI is InChI=1S/C31H30FN5O4/c1-6-8-24-22(19-9-7-10-20(15-19)27(38)36-31(3,4)30-34-17(2)41-37-30)16-23-25(28(39)33-5)26(40-29(23)35-24)18-11-13-21(32)14-12-18/h7,9-16H,6,8H2,1-5H3,(H,33,39)(H,36,38). The zero-order valence-electron chi connectivity index (χ0n) is 23.5. The second-order valence-corrected chi connectivity index (χ2v) is 10.3. The Morgan fingerprint density at radius 1 is 1.00 bits per heavy atom. The second-order valence-electron chi connectivity index (χ2n) is 10.3. The number of fused-ring (bicyclic) bond motifs is 1. The van der Waals surface area contributed by atoms with Crippen LogP contribution in [0.2, 0.25) is 0 Å². The van der Waals surface area contributed by atoms with Crippen molar-refractivity contribution in [1.82, 2.24) is 25.8 Å². The number of nitrogens with zero attached hydrogens (tertiary/aromatic N) is 3. The first-order chi connectivity index (χ1) is 19.6. The van der Waals surface area contributed by atoms with Gasteiger partial charge >= 0.3 is 0 Å². The number of carbonyl (C=O) groups excluding carboxylic acids is 2. The Labute approximate surface area is 236 Å². The van der Waals surface area contributed by atoms with E-state index in [9.17, 15) is 14.0 Å². The van der Waals surface area contributed by atoms with E-state index in [-0.39, 0.29) is 11.8 Å². The summed E-state index contributed by atoms with van der Waals surface area (Å²) in [6.07, 6.45) is 1.46. The van der Waals surface area contributed by atoms with Crippen molar-refractivity contribution in [3.8, 4) is 22.5 Å². The summed E-state index contributed by atoms with van der Waals surface area (Å²) >= 11 is 0. The molecule has 3 aromatic heterocycles. The van der Waals surface area contributed by atoms with Crippen LogP contribution in [0.15, 0.2) is 63.5 Å². The van der Waals surface area contributed by atoms with Crippen LogP contribution >= 0.6 is 0 Å². The monoisotopic (exact) mass is 555 g/mol. The Kier molecular flexibility index (Phi) is 7.40. The minimum absolute atomic E-state index is 0.303. The molecule has 0 spiro atoms. The summed E-state index contributed by atoms with van der Waals surface area (Å²) in [7, 11) is 1.54. The summed E-state index contributed by atoms with van der Waals surface area (Å²) in [5, 5.41) is 10.1. The molecule has 2 amide bonds. The molecule has 10 heteroatoms. The molecule has 0 unspecified atom stereocenters. The average Bonchev–Trinajstić information content (AvgIpc) is 3.56. The van der Waals surface area contributed by atoms with Gasteiger partial charge in [-0.15, -0.1) is 0 Å². The molecule has 0 aliphatic rings. The minimum Gasteiger partial charge on any atom is -0.437 e. The third kappa shape index (κ3) is 5.45. The number of hydrogen-bond donors (Lipinski definition) is 2. The first-order valence-corrected chi connectivity index (χ1v) is 13.3. The maximum atomic E-state index is 13.6. The number of amides is 2. The van der Waals surface area contributed by atoms with Crippen LogP contribution in [-0.2, 0) is 12.0 Å². The summed E-state index contributed by atoms with van der Waals surface area (Å²) in [6, 6.07) is 14.8.